The lowest BCUT2D eigenvalue weighted by atomic mass is 10.1. The average Bonchev–Trinajstić information content (AvgIpc) is 2.86. The largest absolute Gasteiger partial charge is 0.496 e. The molecule has 6 nitrogen and oxygen atoms in total. The van der Waals surface area contributed by atoms with Crippen LogP contribution in [0.25, 0.3) is 11.4 Å². The first-order chi connectivity index (χ1) is 9.60. The summed E-state index contributed by atoms with van der Waals surface area (Å²) in [5.41, 5.74) is 1.84. The molecule has 0 atom stereocenters. The molecule has 0 spiro atoms. The van der Waals surface area contributed by atoms with E-state index in [1.54, 1.807) is 7.11 Å². The van der Waals surface area contributed by atoms with Crippen LogP contribution in [0.15, 0.2) is 22.7 Å². The molecule has 20 heavy (non-hydrogen) atoms. The number of carbonyl (C=O) groups is 1. The summed E-state index contributed by atoms with van der Waals surface area (Å²) in [5, 5.41) is 12.5. The number of rotatable bonds is 6. The molecule has 1 heterocycles. The molecular formula is C14H16N2O4. The Kier molecular flexibility index (Phi) is 4.34. The molecule has 0 unspecified atom stereocenters. The van der Waals surface area contributed by atoms with E-state index in [1.165, 1.54) is 0 Å². The first kappa shape index (κ1) is 14.0. The number of aryl methyl sites for hydroxylation is 2. The zero-order chi connectivity index (χ0) is 14.5. The molecule has 0 saturated carbocycles. The van der Waals surface area contributed by atoms with Crippen molar-refractivity contribution in [1.29, 1.82) is 0 Å². The SMILES string of the molecule is COc1cc(C)ccc1-c1noc(CCCC(=O)O)n1. The van der Waals surface area contributed by atoms with Gasteiger partial charge in [0.2, 0.25) is 11.7 Å². The van der Waals surface area contributed by atoms with Crippen LogP contribution in [-0.4, -0.2) is 28.3 Å². The normalized spacial score (nSPS) is 10.5. The summed E-state index contributed by atoms with van der Waals surface area (Å²) in [6.45, 7) is 1.97. The molecule has 0 amide bonds. The summed E-state index contributed by atoms with van der Waals surface area (Å²) in [4.78, 5) is 14.7. The van der Waals surface area contributed by atoms with E-state index in [0.717, 1.165) is 11.1 Å². The van der Waals surface area contributed by atoms with Gasteiger partial charge in [-0.2, -0.15) is 4.98 Å². The molecule has 6 heteroatoms. The van der Waals surface area contributed by atoms with Gasteiger partial charge in [0, 0.05) is 12.8 Å². The zero-order valence-electron chi connectivity index (χ0n) is 11.4. The van der Waals surface area contributed by atoms with Crippen molar-refractivity contribution in [2.45, 2.75) is 26.2 Å². The van der Waals surface area contributed by atoms with Crippen LogP contribution in [-0.2, 0) is 11.2 Å². The lowest BCUT2D eigenvalue weighted by Gasteiger charge is -2.05. The Hall–Kier alpha value is -2.37. The van der Waals surface area contributed by atoms with Gasteiger partial charge < -0.3 is 14.4 Å². The third-order valence-electron chi connectivity index (χ3n) is 2.85. The molecular weight excluding hydrogens is 260 g/mol. The predicted octanol–water partition coefficient (Wildman–Crippen LogP) is 2.46. The standard InChI is InChI=1S/C14H16N2O4/c1-9-6-7-10(11(8-9)19-2)14-15-12(20-16-14)4-3-5-13(17)18/h6-8H,3-5H2,1-2H3,(H,17,18). The van der Waals surface area contributed by atoms with Crippen molar-refractivity contribution in [2.24, 2.45) is 0 Å². The Bertz CT molecular complexity index is 607. The Balaban J connectivity index is 2.14. The number of ether oxygens (including phenoxy) is 1. The predicted molar refractivity (Wildman–Crippen MR) is 71.6 cm³/mol. The van der Waals surface area contributed by atoms with Crippen molar-refractivity contribution in [1.82, 2.24) is 10.1 Å². The highest BCUT2D eigenvalue weighted by atomic mass is 16.5. The fourth-order valence-corrected chi connectivity index (χ4v) is 1.84. The van der Waals surface area contributed by atoms with Crippen molar-refractivity contribution in [3.05, 3.63) is 29.7 Å². The van der Waals surface area contributed by atoms with E-state index in [4.69, 9.17) is 14.4 Å². The third-order valence-corrected chi connectivity index (χ3v) is 2.85. The van der Waals surface area contributed by atoms with Gasteiger partial charge in [0.1, 0.15) is 5.75 Å². The number of aromatic nitrogens is 2. The van der Waals surface area contributed by atoms with Gasteiger partial charge in [-0.05, 0) is 31.0 Å². The molecule has 1 aromatic heterocycles. The topological polar surface area (TPSA) is 85.5 Å². The van der Waals surface area contributed by atoms with Crippen LogP contribution in [0, 0.1) is 6.92 Å². The van der Waals surface area contributed by atoms with Crippen molar-refractivity contribution in [2.75, 3.05) is 7.11 Å². The van der Waals surface area contributed by atoms with Gasteiger partial charge in [-0.1, -0.05) is 11.2 Å². The van der Waals surface area contributed by atoms with E-state index < -0.39 is 5.97 Å². The van der Waals surface area contributed by atoms with E-state index >= 15 is 0 Å². The number of aliphatic carboxylic acids is 1. The summed E-state index contributed by atoms with van der Waals surface area (Å²) >= 11 is 0. The summed E-state index contributed by atoms with van der Waals surface area (Å²) in [5.74, 6) is 0.740. The summed E-state index contributed by atoms with van der Waals surface area (Å²) in [6.07, 6.45) is 1.01. The molecule has 0 radical (unpaired) electrons. The van der Waals surface area contributed by atoms with Gasteiger partial charge in [-0.25, -0.2) is 0 Å². The van der Waals surface area contributed by atoms with Crippen molar-refractivity contribution in [3.63, 3.8) is 0 Å². The molecule has 0 aliphatic rings. The van der Waals surface area contributed by atoms with E-state index in [9.17, 15) is 4.79 Å². The highest BCUT2D eigenvalue weighted by Gasteiger charge is 2.13. The Labute approximate surface area is 116 Å². The number of benzene rings is 1. The van der Waals surface area contributed by atoms with E-state index in [2.05, 4.69) is 10.1 Å². The lowest BCUT2D eigenvalue weighted by molar-refractivity contribution is -0.137. The summed E-state index contributed by atoms with van der Waals surface area (Å²) in [7, 11) is 1.59. The first-order valence-electron chi connectivity index (χ1n) is 6.29. The van der Waals surface area contributed by atoms with Crippen molar-refractivity contribution in [3.8, 4) is 17.1 Å². The lowest BCUT2D eigenvalue weighted by Crippen LogP contribution is -1.96. The number of carboxylic acids is 1. The maximum Gasteiger partial charge on any atom is 0.303 e. The van der Waals surface area contributed by atoms with Gasteiger partial charge in [-0.15, -0.1) is 0 Å². The molecule has 0 aliphatic carbocycles. The summed E-state index contributed by atoms with van der Waals surface area (Å²) in [6, 6.07) is 5.72. The smallest absolute Gasteiger partial charge is 0.303 e. The van der Waals surface area contributed by atoms with Gasteiger partial charge in [0.15, 0.2) is 0 Å². The molecule has 1 N–H and O–H groups in total. The quantitative estimate of drug-likeness (QED) is 0.872. The second-order valence-electron chi connectivity index (χ2n) is 4.46. The highest BCUT2D eigenvalue weighted by molar-refractivity contribution is 5.66. The molecule has 106 valence electrons. The molecule has 2 aromatic rings. The maximum atomic E-state index is 10.4. The van der Waals surface area contributed by atoms with Gasteiger partial charge >= 0.3 is 5.97 Å². The van der Waals surface area contributed by atoms with Gasteiger partial charge in [0.25, 0.3) is 0 Å². The second-order valence-corrected chi connectivity index (χ2v) is 4.46. The molecule has 0 bridgehead atoms. The molecule has 0 fully saturated rings. The number of methoxy groups -OCH3 is 1. The third kappa shape index (κ3) is 3.34. The first-order valence-corrected chi connectivity index (χ1v) is 6.29. The minimum atomic E-state index is -0.829. The van der Waals surface area contributed by atoms with E-state index in [-0.39, 0.29) is 6.42 Å². The Morgan fingerprint density at radius 1 is 1.45 bits per heavy atom. The Morgan fingerprint density at radius 3 is 2.95 bits per heavy atom. The monoisotopic (exact) mass is 276 g/mol. The fraction of sp³-hybridized carbons (Fsp3) is 0.357. The van der Waals surface area contributed by atoms with Crippen molar-refractivity contribution < 1.29 is 19.2 Å². The minimum absolute atomic E-state index is 0.0889. The number of carboxylic acid groups (broad SMARTS) is 1. The number of hydrogen-bond acceptors (Lipinski definition) is 5. The van der Waals surface area contributed by atoms with Gasteiger partial charge in [0.05, 0.1) is 12.7 Å². The summed E-state index contributed by atoms with van der Waals surface area (Å²) < 4.78 is 10.4. The Morgan fingerprint density at radius 2 is 2.25 bits per heavy atom. The van der Waals surface area contributed by atoms with E-state index in [0.29, 0.717) is 30.3 Å². The van der Waals surface area contributed by atoms with Crippen LogP contribution in [0.1, 0.15) is 24.3 Å². The fourth-order valence-electron chi connectivity index (χ4n) is 1.84. The highest BCUT2D eigenvalue weighted by Crippen LogP contribution is 2.28. The average molecular weight is 276 g/mol. The van der Waals surface area contributed by atoms with Crippen LogP contribution in [0.5, 0.6) is 5.75 Å². The zero-order valence-corrected chi connectivity index (χ0v) is 11.4. The van der Waals surface area contributed by atoms with Crippen LogP contribution in [0.2, 0.25) is 0 Å². The molecule has 0 aliphatic heterocycles. The van der Waals surface area contributed by atoms with Crippen LogP contribution < -0.4 is 4.74 Å². The van der Waals surface area contributed by atoms with Gasteiger partial charge in [-0.3, -0.25) is 4.79 Å². The van der Waals surface area contributed by atoms with Crippen LogP contribution >= 0.6 is 0 Å². The maximum absolute atomic E-state index is 10.4. The molecule has 0 saturated heterocycles. The molecule has 2 rings (SSSR count). The van der Waals surface area contributed by atoms with E-state index in [1.807, 2.05) is 25.1 Å². The number of hydrogen-bond donors (Lipinski definition) is 1. The minimum Gasteiger partial charge on any atom is -0.496 e. The second kappa shape index (κ2) is 6.18. The number of nitrogens with zero attached hydrogens (tertiary/aromatic N) is 2. The van der Waals surface area contributed by atoms with Crippen molar-refractivity contribution >= 4 is 5.97 Å². The van der Waals surface area contributed by atoms with Crippen LogP contribution in [0.3, 0.4) is 0 Å². The van der Waals surface area contributed by atoms with Crippen LogP contribution in [0.4, 0.5) is 0 Å². The molecule has 1 aromatic carbocycles.